The summed E-state index contributed by atoms with van der Waals surface area (Å²) in [6, 6.07) is 6.93. The maximum atomic E-state index is 12.0. The summed E-state index contributed by atoms with van der Waals surface area (Å²) in [7, 11) is -1.57. The predicted molar refractivity (Wildman–Crippen MR) is 95.5 cm³/mol. The average Bonchev–Trinajstić information content (AvgIpc) is 2.92. The van der Waals surface area contributed by atoms with Crippen molar-refractivity contribution in [1.82, 2.24) is 19.5 Å². The minimum Gasteiger partial charge on any atom is -0.423 e. The Morgan fingerprint density at radius 3 is 2.76 bits per heavy atom. The third-order valence-corrected chi connectivity index (χ3v) is 4.63. The summed E-state index contributed by atoms with van der Waals surface area (Å²) < 4.78 is 1.61. The number of fused-ring (bicyclic) bond motifs is 1. The van der Waals surface area contributed by atoms with E-state index in [-0.39, 0.29) is 24.6 Å². The minimum atomic E-state index is -1.57. The highest BCUT2D eigenvalue weighted by molar-refractivity contribution is 7.98. The molecule has 0 saturated carbocycles. The largest absolute Gasteiger partial charge is 0.488 e. The van der Waals surface area contributed by atoms with E-state index >= 15 is 0 Å². The number of rotatable bonds is 6. The maximum absolute atomic E-state index is 12.0. The van der Waals surface area contributed by atoms with Gasteiger partial charge in [0.15, 0.2) is 16.3 Å². The zero-order valence-electron chi connectivity index (χ0n) is 13.1. The van der Waals surface area contributed by atoms with Gasteiger partial charge in [-0.25, -0.2) is 4.98 Å². The third-order valence-electron chi connectivity index (χ3n) is 3.60. The summed E-state index contributed by atoms with van der Waals surface area (Å²) in [5, 5.41) is 28.7. The van der Waals surface area contributed by atoms with E-state index < -0.39 is 12.7 Å². The van der Waals surface area contributed by atoms with Crippen molar-refractivity contribution in [3.05, 3.63) is 40.2 Å². The monoisotopic (exact) mass is 361 g/mol. The fourth-order valence-corrected chi connectivity index (χ4v) is 3.52. The number of nitrogens with one attached hydrogen (secondary N) is 1. The molecule has 2 heterocycles. The van der Waals surface area contributed by atoms with Gasteiger partial charge in [-0.05, 0) is 11.0 Å². The second-order valence-corrected chi connectivity index (χ2v) is 6.20. The Hall–Kier alpha value is -2.34. The first-order valence-corrected chi connectivity index (χ1v) is 8.43. The van der Waals surface area contributed by atoms with Gasteiger partial charge in [-0.2, -0.15) is 4.98 Å². The molecule has 0 aliphatic rings. The van der Waals surface area contributed by atoms with Crippen LogP contribution in [-0.2, 0) is 12.3 Å². The van der Waals surface area contributed by atoms with Gasteiger partial charge >= 0.3 is 7.12 Å². The number of anilines is 1. The smallest absolute Gasteiger partial charge is 0.423 e. The number of imidazole rings is 1. The summed E-state index contributed by atoms with van der Waals surface area (Å²) >= 11 is 1.30. The van der Waals surface area contributed by atoms with E-state index in [4.69, 9.17) is 5.73 Å². The lowest BCUT2D eigenvalue weighted by Crippen LogP contribution is -2.32. The highest BCUT2D eigenvalue weighted by atomic mass is 32.2. The van der Waals surface area contributed by atoms with Gasteiger partial charge in [-0.3, -0.25) is 9.78 Å². The molecule has 0 radical (unpaired) electrons. The Labute approximate surface area is 146 Å². The molecule has 0 unspecified atom stereocenters. The first kappa shape index (κ1) is 17.5. The van der Waals surface area contributed by atoms with E-state index in [1.54, 1.807) is 28.8 Å². The molecule has 0 saturated heterocycles. The molecule has 3 rings (SSSR count). The predicted octanol–water partition coefficient (Wildman–Crippen LogP) is -1.33. The molecule has 3 aromatic rings. The summed E-state index contributed by atoms with van der Waals surface area (Å²) in [6.07, 6.45) is 0. The molecule has 0 fully saturated rings. The van der Waals surface area contributed by atoms with E-state index in [2.05, 4.69) is 15.0 Å². The van der Waals surface area contributed by atoms with Crippen LogP contribution in [-0.4, -0.2) is 48.4 Å². The van der Waals surface area contributed by atoms with Crippen LogP contribution < -0.4 is 16.8 Å². The molecule has 25 heavy (non-hydrogen) atoms. The second kappa shape index (κ2) is 7.27. The molecule has 0 bridgehead atoms. The van der Waals surface area contributed by atoms with E-state index in [0.29, 0.717) is 22.0 Å². The van der Waals surface area contributed by atoms with Gasteiger partial charge in [0.1, 0.15) is 0 Å². The van der Waals surface area contributed by atoms with Crippen LogP contribution in [0.1, 0.15) is 5.56 Å². The van der Waals surface area contributed by atoms with Crippen molar-refractivity contribution in [2.24, 2.45) is 0 Å². The number of aromatic nitrogens is 4. The van der Waals surface area contributed by atoms with Crippen LogP contribution >= 0.6 is 11.8 Å². The molecule has 0 amide bonds. The molecular weight excluding hydrogens is 345 g/mol. The first-order valence-electron chi connectivity index (χ1n) is 7.45. The van der Waals surface area contributed by atoms with Gasteiger partial charge < -0.3 is 25.5 Å². The highest BCUT2D eigenvalue weighted by Crippen LogP contribution is 2.24. The van der Waals surface area contributed by atoms with Crippen molar-refractivity contribution in [1.29, 1.82) is 0 Å². The molecule has 0 aliphatic carbocycles. The fraction of sp³-hybridized carbons (Fsp3) is 0.214. The minimum absolute atomic E-state index is 0.0260. The number of thioether (sulfide) groups is 1. The lowest BCUT2D eigenvalue weighted by atomic mass is 9.77. The van der Waals surface area contributed by atoms with Gasteiger partial charge in [0.2, 0.25) is 5.95 Å². The van der Waals surface area contributed by atoms with Crippen LogP contribution in [0, 0.1) is 0 Å². The van der Waals surface area contributed by atoms with Gasteiger partial charge in [0, 0.05) is 12.3 Å². The quantitative estimate of drug-likeness (QED) is 0.268. The number of hydrogen-bond acceptors (Lipinski definition) is 8. The van der Waals surface area contributed by atoms with Crippen LogP contribution in [0.4, 0.5) is 5.95 Å². The molecule has 0 aliphatic heterocycles. The molecule has 0 atom stereocenters. The van der Waals surface area contributed by atoms with Gasteiger partial charge in [-0.1, -0.05) is 36.0 Å². The Kier molecular flexibility index (Phi) is 5.09. The number of nitrogen functional groups attached to an aromatic ring is 1. The topological polar surface area (TPSA) is 150 Å². The van der Waals surface area contributed by atoms with Gasteiger partial charge in [-0.15, -0.1) is 0 Å². The van der Waals surface area contributed by atoms with Crippen molar-refractivity contribution in [2.75, 3.05) is 12.3 Å². The lowest BCUT2D eigenvalue weighted by Gasteiger charge is -2.09. The van der Waals surface area contributed by atoms with Gasteiger partial charge in [0.25, 0.3) is 5.56 Å². The van der Waals surface area contributed by atoms with Gasteiger partial charge in [0.05, 0.1) is 6.61 Å². The third kappa shape index (κ3) is 3.54. The van der Waals surface area contributed by atoms with Crippen molar-refractivity contribution < 1.29 is 15.2 Å². The number of nitrogens with zero attached hydrogens (tertiary/aromatic N) is 3. The van der Waals surface area contributed by atoms with E-state index in [0.717, 1.165) is 5.56 Å². The molecule has 6 N–H and O–H groups in total. The number of H-pyrrole nitrogens is 1. The SMILES string of the molecule is Nc1nc2c(nc(SCc3ccccc3B(O)O)n2CCO)c(=O)[nH]1. The van der Waals surface area contributed by atoms with Crippen LogP contribution in [0.5, 0.6) is 0 Å². The Balaban J connectivity index is 1.98. The Morgan fingerprint density at radius 2 is 2.04 bits per heavy atom. The number of aromatic amines is 1. The average molecular weight is 361 g/mol. The van der Waals surface area contributed by atoms with Crippen LogP contribution in [0.25, 0.3) is 11.2 Å². The first-order chi connectivity index (χ1) is 12.0. The maximum Gasteiger partial charge on any atom is 0.488 e. The zero-order valence-corrected chi connectivity index (χ0v) is 13.9. The number of aliphatic hydroxyl groups excluding tert-OH is 1. The molecular formula is C14H16BN5O4S. The summed E-state index contributed by atoms with van der Waals surface area (Å²) in [4.78, 5) is 22.8. The zero-order chi connectivity index (χ0) is 18.0. The standard InChI is InChI=1S/C14H16BN5O4S/c16-13-18-11-10(12(22)19-13)17-14(20(11)5-6-21)25-7-8-3-1-2-4-9(8)15(23)24/h1-4,21,23-24H,5-7H2,(H3,16,18,19,22). The lowest BCUT2D eigenvalue weighted by molar-refractivity contribution is 0.273. The van der Waals surface area contributed by atoms with Crippen LogP contribution in [0.3, 0.4) is 0 Å². The van der Waals surface area contributed by atoms with Crippen molar-refractivity contribution in [3.8, 4) is 0 Å². The molecule has 11 heteroatoms. The molecule has 1 aromatic carbocycles. The number of aliphatic hydroxyl groups is 1. The normalized spacial score (nSPS) is 11.2. The fourth-order valence-electron chi connectivity index (χ4n) is 2.48. The molecule has 2 aromatic heterocycles. The Bertz CT molecular complexity index is 958. The molecule has 9 nitrogen and oxygen atoms in total. The van der Waals surface area contributed by atoms with E-state index in [9.17, 15) is 19.9 Å². The number of benzene rings is 1. The summed E-state index contributed by atoms with van der Waals surface area (Å²) in [5.74, 6) is 0.373. The van der Waals surface area contributed by atoms with E-state index in [1.165, 1.54) is 11.8 Å². The van der Waals surface area contributed by atoms with E-state index in [1.807, 2.05) is 0 Å². The van der Waals surface area contributed by atoms with Crippen molar-refractivity contribution >= 4 is 41.5 Å². The van der Waals surface area contributed by atoms with Crippen LogP contribution in [0.15, 0.2) is 34.2 Å². The Morgan fingerprint density at radius 1 is 1.28 bits per heavy atom. The summed E-state index contributed by atoms with van der Waals surface area (Å²) in [6.45, 7) is 0.0539. The number of nitrogens with two attached hydrogens (primary N) is 1. The van der Waals surface area contributed by atoms with Crippen LogP contribution in [0.2, 0.25) is 0 Å². The highest BCUT2D eigenvalue weighted by Gasteiger charge is 2.18. The number of hydrogen-bond donors (Lipinski definition) is 5. The summed E-state index contributed by atoms with van der Waals surface area (Å²) in [5.41, 5.74) is 6.70. The molecule has 0 spiro atoms. The molecule has 130 valence electrons. The second-order valence-electron chi connectivity index (χ2n) is 5.25. The van der Waals surface area contributed by atoms with Crippen molar-refractivity contribution in [2.45, 2.75) is 17.5 Å². The van der Waals surface area contributed by atoms with Crippen molar-refractivity contribution in [3.63, 3.8) is 0 Å².